The van der Waals surface area contributed by atoms with Crippen molar-refractivity contribution in [3.05, 3.63) is 58.1 Å². The van der Waals surface area contributed by atoms with E-state index in [1.165, 1.54) is 6.07 Å². The van der Waals surface area contributed by atoms with Gasteiger partial charge in [0.25, 0.3) is 0 Å². The molecule has 129 valence electrons. The van der Waals surface area contributed by atoms with Crippen LogP contribution in [-0.4, -0.2) is 6.36 Å². The Morgan fingerprint density at radius 1 is 1.24 bits per heavy atom. The minimum atomic E-state index is -4.76. The van der Waals surface area contributed by atoms with Gasteiger partial charge in [0.2, 0.25) is 0 Å². The Balaban J connectivity index is 1.79. The molecule has 1 radical (unpaired) electrons. The Kier molecular flexibility index (Phi) is 4.82. The second kappa shape index (κ2) is 6.89. The van der Waals surface area contributed by atoms with Crippen molar-refractivity contribution in [2.24, 2.45) is 0 Å². The Labute approximate surface area is 148 Å². The molecule has 3 rings (SSSR count). The summed E-state index contributed by atoms with van der Waals surface area (Å²) < 4.78 is 46.8. The molecule has 2 aromatic carbocycles. The maximum Gasteiger partial charge on any atom is 0.573 e. The SMILES string of the molecule is C#Cc1ccc(OCc2[c]c(OC(F)(F)F)ccc2C2CC2)cc1Cl. The molecule has 0 aliphatic heterocycles. The van der Waals surface area contributed by atoms with E-state index in [2.05, 4.69) is 16.7 Å². The van der Waals surface area contributed by atoms with Gasteiger partial charge in [-0.2, -0.15) is 0 Å². The van der Waals surface area contributed by atoms with Gasteiger partial charge in [-0.05, 0) is 42.5 Å². The van der Waals surface area contributed by atoms with Gasteiger partial charge in [-0.1, -0.05) is 23.6 Å². The first kappa shape index (κ1) is 17.5. The van der Waals surface area contributed by atoms with Crippen molar-refractivity contribution in [2.75, 3.05) is 0 Å². The number of terminal acetylenes is 1. The van der Waals surface area contributed by atoms with Crippen molar-refractivity contribution in [1.82, 2.24) is 0 Å². The lowest BCUT2D eigenvalue weighted by atomic mass is 10.0. The first-order chi connectivity index (χ1) is 11.9. The summed E-state index contributed by atoms with van der Waals surface area (Å²) in [5.74, 6) is 2.87. The summed E-state index contributed by atoms with van der Waals surface area (Å²) >= 11 is 6.03. The molecule has 0 heterocycles. The van der Waals surface area contributed by atoms with E-state index >= 15 is 0 Å². The van der Waals surface area contributed by atoms with Crippen LogP contribution in [0.3, 0.4) is 0 Å². The van der Waals surface area contributed by atoms with Crippen LogP contribution in [0, 0.1) is 18.4 Å². The highest BCUT2D eigenvalue weighted by atomic mass is 35.5. The van der Waals surface area contributed by atoms with E-state index in [-0.39, 0.29) is 12.4 Å². The molecule has 0 N–H and O–H groups in total. The quantitative estimate of drug-likeness (QED) is 0.653. The average Bonchev–Trinajstić information content (AvgIpc) is 3.36. The molecular weight excluding hydrogens is 353 g/mol. The van der Waals surface area contributed by atoms with Crippen molar-refractivity contribution in [2.45, 2.75) is 31.7 Å². The molecule has 2 nitrogen and oxygen atoms in total. The first-order valence-corrected chi connectivity index (χ1v) is 7.93. The lowest BCUT2D eigenvalue weighted by molar-refractivity contribution is -0.274. The fourth-order valence-corrected chi connectivity index (χ4v) is 2.69. The van der Waals surface area contributed by atoms with E-state index in [9.17, 15) is 13.2 Å². The monoisotopic (exact) mass is 365 g/mol. The highest BCUT2D eigenvalue weighted by molar-refractivity contribution is 6.31. The maximum atomic E-state index is 12.4. The van der Waals surface area contributed by atoms with Crippen LogP contribution in [0.15, 0.2) is 30.3 Å². The van der Waals surface area contributed by atoms with E-state index in [4.69, 9.17) is 22.8 Å². The Hall–Kier alpha value is -2.32. The van der Waals surface area contributed by atoms with E-state index in [0.717, 1.165) is 18.4 Å². The Bertz CT molecular complexity index is 820. The number of benzene rings is 2. The van der Waals surface area contributed by atoms with Crippen LogP contribution in [0.5, 0.6) is 11.5 Å². The molecule has 1 saturated carbocycles. The van der Waals surface area contributed by atoms with Gasteiger partial charge in [-0.3, -0.25) is 0 Å². The number of halogens is 4. The Morgan fingerprint density at radius 2 is 2.00 bits per heavy atom. The fraction of sp³-hybridized carbons (Fsp3) is 0.263. The molecule has 0 spiro atoms. The van der Waals surface area contributed by atoms with Crippen molar-refractivity contribution < 1.29 is 22.6 Å². The highest BCUT2D eigenvalue weighted by Gasteiger charge is 2.32. The van der Waals surface area contributed by atoms with Gasteiger partial charge in [0.1, 0.15) is 18.1 Å². The summed E-state index contributed by atoms with van der Waals surface area (Å²) in [4.78, 5) is 0. The highest BCUT2D eigenvalue weighted by Crippen LogP contribution is 2.43. The largest absolute Gasteiger partial charge is 0.573 e. The number of rotatable bonds is 5. The minimum absolute atomic E-state index is 0.0621. The zero-order chi connectivity index (χ0) is 18.0. The maximum absolute atomic E-state index is 12.4. The summed E-state index contributed by atoms with van der Waals surface area (Å²) in [6.45, 7) is 0.0621. The number of ether oxygens (including phenoxy) is 2. The van der Waals surface area contributed by atoms with Crippen LogP contribution in [0.2, 0.25) is 5.02 Å². The van der Waals surface area contributed by atoms with Gasteiger partial charge < -0.3 is 9.47 Å². The van der Waals surface area contributed by atoms with Gasteiger partial charge in [0, 0.05) is 23.3 Å². The van der Waals surface area contributed by atoms with Crippen LogP contribution in [0.25, 0.3) is 0 Å². The summed E-state index contributed by atoms with van der Waals surface area (Å²) in [7, 11) is 0. The van der Waals surface area contributed by atoms with E-state index < -0.39 is 6.36 Å². The lowest BCUT2D eigenvalue weighted by Gasteiger charge is -2.14. The molecule has 6 heteroatoms. The number of hydrogen-bond acceptors (Lipinski definition) is 2. The van der Waals surface area contributed by atoms with Crippen LogP contribution < -0.4 is 9.47 Å². The third-order valence-electron chi connectivity index (χ3n) is 3.76. The van der Waals surface area contributed by atoms with Crippen molar-refractivity contribution >= 4 is 11.6 Å². The molecule has 0 bridgehead atoms. The molecule has 0 atom stereocenters. The van der Waals surface area contributed by atoms with Crippen LogP contribution in [0.4, 0.5) is 13.2 Å². The average molecular weight is 366 g/mol. The predicted molar refractivity (Wildman–Crippen MR) is 87.7 cm³/mol. The minimum Gasteiger partial charge on any atom is -0.489 e. The first-order valence-electron chi connectivity index (χ1n) is 7.55. The molecule has 0 aromatic heterocycles. The van der Waals surface area contributed by atoms with E-state index in [1.807, 2.05) is 0 Å². The third kappa shape index (κ3) is 4.61. The molecule has 25 heavy (non-hydrogen) atoms. The lowest BCUT2D eigenvalue weighted by Crippen LogP contribution is -2.17. The molecule has 1 fully saturated rings. The molecule has 0 saturated heterocycles. The normalized spacial score (nSPS) is 14.0. The summed E-state index contributed by atoms with van der Waals surface area (Å²) in [5.41, 5.74) is 2.02. The molecule has 0 unspecified atom stereocenters. The van der Waals surface area contributed by atoms with Gasteiger partial charge in [0.05, 0.1) is 5.02 Å². The molecule has 1 aliphatic carbocycles. The van der Waals surface area contributed by atoms with E-state index in [1.54, 1.807) is 24.3 Å². The smallest absolute Gasteiger partial charge is 0.489 e. The summed E-state index contributed by atoms with van der Waals surface area (Å²) in [5, 5.41) is 0.376. The van der Waals surface area contributed by atoms with Gasteiger partial charge in [-0.15, -0.1) is 19.6 Å². The number of hydrogen-bond donors (Lipinski definition) is 0. The van der Waals surface area contributed by atoms with Crippen LogP contribution in [0.1, 0.15) is 35.4 Å². The van der Waals surface area contributed by atoms with Crippen LogP contribution >= 0.6 is 11.6 Å². The fourth-order valence-electron chi connectivity index (χ4n) is 2.47. The zero-order valence-electron chi connectivity index (χ0n) is 13.0. The molecule has 1 aliphatic rings. The van der Waals surface area contributed by atoms with Crippen molar-refractivity contribution in [1.29, 1.82) is 0 Å². The van der Waals surface area contributed by atoms with Gasteiger partial charge >= 0.3 is 6.36 Å². The van der Waals surface area contributed by atoms with Crippen molar-refractivity contribution in [3.8, 4) is 23.8 Å². The topological polar surface area (TPSA) is 18.5 Å². The second-order valence-corrected chi connectivity index (χ2v) is 6.06. The van der Waals surface area contributed by atoms with Crippen LogP contribution in [-0.2, 0) is 6.61 Å². The standard InChI is InChI=1S/C19H13ClF3O2/c1-2-12-5-6-15(10-18(12)20)24-11-14-9-16(25-19(21,22)23)7-8-17(14)13-3-4-13/h1,5-8,10,13H,3-4,11H2. The van der Waals surface area contributed by atoms with E-state index in [0.29, 0.717) is 27.8 Å². The molecule has 2 aromatic rings. The Morgan fingerprint density at radius 3 is 2.60 bits per heavy atom. The summed E-state index contributed by atoms with van der Waals surface area (Å²) in [6.07, 6.45) is 2.56. The second-order valence-electron chi connectivity index (χ2n) is 5.65. The van der Waals surface area contributed by atoms with Crippen molar-refractivity contribution in [3.63, 3.8) is 0 Å². The van der Waals surface area contributed by atoms with Gasteiger partial charge in [-0.25, -0.2) is 0 Å². The summed E-state index contributed by atoms with van der Waals surface area (Å²) in [6, 6.07) is 10.5. The van der Waals surface area contributed by atoms with Gasteiger partial charge in [0.15, 0.2) is 0 Å². The predicted octanol–water partition coefficient (Wildman–Crippen LogP) is 5.48. The molecular formula is C19H13ClF3O2. The zero-order valence-corrected chi connectivity index (χ0v) is 13.7. The number of alkyl halides is 3. The molecule has 0 amide bonds. The third-order valence-corrected chi connectivity index (χ3v) is 4.07.